The molecule has 0 spiro atoms. The topological polar surface area (TPSA) is 70.2 Å². The molecule has 0 atom stereocenters. The number of methoxy groups -OCH3 is 1. The molecule has 6 nitrogen and oxygen atoms in total. The van der Waals surface area contributed by atoms with Gasteiger partial charge in [-0.25, -0.2) is 4.98 Å². The fourth-order valence-corrected chi connectivity index (χ4v) is 2.04. The molecule has 6 heteroatoms. The van der Waals surface area contributed by atoms with Gasteiger partial charge in [0.2, 0.25) is 5.91 Å². The van der Waals surface area contributed by atoms with Crippen molar-refractivity contribution in [2.45, 2.75) is 13.5 Å². The van der Waals surface area contributed by atoms with Crippen LogP contribution in [0.5, 0.6) is 5.75 Å². The number of aromatic amines is 1. The summed E-state index contributed by atoms with van der Waals surface area (Å²) in [5, 5.41) is 2.85. The Morgan fingerprint density at radius 1 is 1.43 bits per heavy atom. The van der Waals surface area contributed by atoms with Crippen LogP contribution in [0.3, 0.4) is 0 Å². The van der Waals surface area contributed by atoms with Crippen LogP contribution in [0.4, 0.5) is 5.69 Å². The fourth-order valence-electron chi connectivity index (χ4n) is 2.04. The van der Waals surface area contributed by atoms with E-state index in [9.17, 15) is 4.79 Å². The van der Waals surface area contributed by atoms with Crippen LogP contribution in [0, 0.1) is 6.92 Å². The average molecular weight is 288 g/mol. The van der Waals surface area contributed by atoms with E-state index in [1.54, 1.807) is 13.3 Å². The normalized spacial score (nSPS) is 10.7. The molecule has 0 aliphatic heterocycles. The first-order chi connectivity index (χ1) is 10.1. The second kappa shape index (κ2) is 6.90. The highest BCUT2D eigenvalue weighted by Crippen LogP contribution is 2.22. The lowest BCUT2D eigenvalue weighted by molar-refractivity contribution is -0.117. The third-order valence-corrected chi connectivity index (χ3v) is 2.97. The van der Waals surface area contributed by atoms with E-state index in [2.05, 4.69) is 15.3 Å². The first-order valence-electron chi connectivity index (χ1n) is 6.70. The lowest BCUT2D eigenvalue weighted by Gasteiger charge is -2.15. The summed E-state index contributed by atoms with van der Waals surface area (Å²) in [4.78, 5) is 21.3. The lowest BCUT2D eigenvalue weighted by atomic mass is 10.3. The molecule has 0 saturated carbocycles. The maximum Gasteiger partial charge on any atom is 0.238 e. The van der Waals surface area contributed by atoms with Gasteiger partial charge in [0.05, 0.1) is 25.9 Å². The quantitative estimate of drug-likeness (QED) is 0.850. The Morgan fingerprint density at radius 3 is 2.86 bits per heavy atom. The largest absolute Gasteiger partial charge is 0.495 e. The van der Waals surface area contributed by atoms with Gasteiger partial charge in [-0.1, -0.05) is 12.1 Å². The zero-order chi connectivity index (χ0) is 15.2. The fraction of sp³-hybridized carbons (Fsp3) is 0.333. The van der Waals surface area contributed by atoms with Crippen LogP contribution >= 0.6 is 0 Å². The molecule has 1 aromatic carbocycles. The van der Waals surface area contributed by atoms with Gasteiger partial charge < -0.3 is 15.0 Å². The Labute approximate surface area is 124 Å². The minimum absolute atomic E-state index is 0.0923. The number of para-hydroxylation sites is 2. The summed E-state index contributed by atoms with van der Waals surface area (Å²) >= 11 is 0. The summed E-state index contributed by atoms with van der Waals surface area (Å²) in [6.45, 7) is 2.82. The summed E-state index contributed by atoms with van der Waals surface area (Å²) in [6, 6.07) is 7.34. The molecule has 0 saturated heterocycles. The van der Waals surface area contributed by atoms with Crippen molar-refractivity contribution < 1.29 is 9.53 Å². The number of anilines is 1. The molecular weight excluding hydrogens is 268 g/mol. The van der Waals surface area contributed by atoms with Crippen LogP contribution in [0.15, 0.2) is 30.5 Å². The van der Waals surface area contributed by atoms with Crippen LogP contribution in [-0.2, 0) is 11.3 Å². The minimum atomic E-state index is -0.0923. The smallest absolute Gasteiger partial charge is 0.238 e. The predicted octanol–water partition coefficient (Wildman–Crippen LogP) is 1.80. The third kappa shape index (κ3) is 4.32. The summed E-state index contributed by atoms with van der Waals surface area (Å²) in [7, 11) is 3.45. The number of carbonyl (C=O) groups is 1. The Balaban J connectivity index is 1.89. The van der Waals surface area contributed by atoms with Gasteiger partial charge in [0.1, 0.15) is 11.6 Å². The molecule has 1 aromatic heterocycles. The van der Waals surface area contributed by atoms with Crippen molar-refractivity contribution in [1.29, 1.82) is 0 Å². The predicted molar refractivity (Wildman–Crippen MR) is 81.3 cm³/mol. The number of carbonyl (C=O) groups excluding carboxylic acids is 1. The van der Waals surface area contributed by atoms with Crippen LogP contribution in [0.2, 0.25) is 0 Å². The van der Waals surface area contributed by atoms with Crippen molar-refractivity contribution in [3.05, 3.63) is 42.0 Å². The number of hydrogen-bond acceptors (Lipinski definition) is 4. The summed E-state index contributed by atoms with van der Waals surface area (Å²) in [6.07, 6.45) is 1.78. The molecule has 1 amide bonds. The number of rotatable bonds is 6. The maximum atomic E-state index is 12.0. The zero-order valence-electron chi connectivity index (χ0n) is 12.5. The van der Waals surface area contributed by atoms with E-state index in [0.717, 1.165) is 11.5 Å². The minimum Gasteiger partial charge on any atom is -0.495 e. The molecular formula is C15H20N4O2. The van der Waals surface area contributed by atoms with Crippen molar-refractivity contribution in [3.63, 3.8) is 0 Å². The lowest BCUT2D eigenvalue weighted by Crippen LogP contribution is -2.30. The number of H-pyrrole nitrogens is 1. The van der Waals surface area contributed by atoms with Gasteiger partial charge in [0.15, 0.2) is 0 Å². The number of imidazole rings is 1. The number of ether oxygens (including phenoxy) is 1. The number of aromatic nitrogens is 2. The Bertz CT molecular complexity index is 609. The van der Waals surface area contributed by atoms with E-state index in [1.165, 1.54) is 0 Å². The first kappa shape index (κ1) is 15.1. The molecule has 0 unspecified atom stereocenters. The van der Waals surface area contributed by atoms with Crippen LogP contribution < -0.4 is 10.1 Å². The molecule has 2 rings (SSSR count). The monoisotopic (exact) mass is 288 g/mol. The van der Waals surface area contributed by atoms with E-state index in [4.69, 9.17) is 4.74 Å². The molecule has 0 fully saturated rings. The van der Waals surface area contributed by atoms with Gasteiger partial charge in [-0.15, -0.1) is 0 Å². The highest BCUT2D eigenvalue weighted by atomic mass is 16.5. The number of amides is 1. The van der Waals surface area contributed by atoms with Crippen molar-refractivity contribution in [3.8, 4) is 5.75 Å². The number of aryl methyl sites for hydroxylation is 1. The van der Waals surface area contributed by atoms with E-state index in [1.807, 2.05) is 43.1 Å². The summed E-state index contributed by atoms with van der Waals surface area (Å²) in [5.74, 6) is 1.40. The van der Waals surface area contributed by atoms with Gasteiger partial charge in [0.25, 0.3) is 0 Å². The SMILES string of the molecule is COc1ccccc1NC(=O)CN(C)Cc1ncc(C)[nH]1. The summed E-state index contributed by atoms with van der Waals surface area (Å²) < 4.78 is 5.21. The van der Waals surface area contributed by atoms with Crippen molar-refractivity contribution in [1.82, 2.24) is 14.9 Å². The van der Waals surface area contributed by atoms with Crippen LogP contribution in [0.1, 0.15) is 11.5 Å². The molecule has 0 bridgehead atoms. The van der Waals surface area contributed by atoms with Crippen molar-refractivity contribution in [2.75, 3.05) is 26.0 Å². The number of hydrogen-bond donors (Lipinski definition) is 2. The maximum absolute atomic E-state index is 12.0. The Kier molecular flexibility index (Phi) is 4.94. The van der Waals surface area contributed by atoms with Gasteiger partial charge in [-0.05, 0) is 26.1 Å². The van der Waals surface area contributed by atoms with Crippen LogP contribution in [-0.4, -0.2) is 41.5 Å². The molecule has 0 aliphatic carbocycles. The van der Waals surface area contributed by atoms with Gasteiger partial charge in [-0.3, -0.25) is 9.69 Å². The van der Waals surface area contributed by atoms with Crippen molar-refractivity contribution >= 4 is 11.6 Å². The molecule has 0 aliphatic rings. The standard InChI is InChI=1S/C15H20N4O2/c1-11-8-16-14(17-11)9-19(2)10-15(20)18-12-6-4-5-7-13(12)21-3/h4-8H,9-10H2,1-3H3,(H,16,17)(H,18,20). The molecule has 21 heavy (non-hydrogen) atoms. The number of likely N-dealkylation sites (N-methyl/N-ethyl adjacent to an activating group) is 1. The third-order valence-electron chi connectivity index (χ3n) is 2.97. The number of nitrogens with zero attached hydrogens (tertiary/aromatic N) is 2. The van der Waals surface area contributed by atoms with Gasteiger partial charge in [0, 0.05) is 11.9 Å². The molecule has 1 heterocycles. The van der Waals surface area contributed by atoms with Crippen LogP contribution in [0.25, 0.3) is 0 Å². The second-order valence-corrected chi connectivity index (χ2v) is 4.93. The molecule has 2 N–H and O–H groups in total. The molecule has 112 valence electrons. The highest BCUT2D eigenvalue weighted by Gasteiger charge is 2.11. The van der Waals surface area contributed by atoms with E-state index < -0.39 is 0 Å². The zero-order valence-corrected chi connectivity index (χ0v) is 12.5. The van der Waals surface area contributed by atoms with Gasteiger partial charge in [-0.2, -0.15) is 0 Å². The number of benzene rings is 1. The average Bonchev–Trinajstić information content (AvgIpc) is 2.84. The molecule has 2 aromatic rings. The van der Waals surface area contributed by atoms with Crippen molar-refractivity contribution in [2.24, 2.45) is 0 Å². The summed E-state index contributed by atoms with van der Waals surface area (Å²) in [5.41, 5.74) is 1.68. The van der Waals surface area contributed by atoms with E-state index in [0.29, 0.717) is 18.0 Å². The first-order valence-corrected chi connectivity index (χ1v) is 6.70. The van der Waals surface area contributed by atoms with E-state index >= 15 is 0 Å². The number of nitrogens with one attached hydrogen (secondary N) is 2. The second-order valence-electron chi connectivity index (χ2n) is 4.93. The molecule has 0 radical (unpaired) electrons. The van der Waals surface area contributed by atoms with E-state index in [-0.39, 0.29) is 12.5 Å². The highest BCUT2D eigenvalue weighted by molar-refractivity contribution is 5.93. The van der Waals surface area contributed by atoms with Gasteiger partial charge >= 0.3 is 0 Å². The Hall–Kier alpha value is -2.34. The Morgan fingerprint density at radius 2 is 2.19 bits per heavy atom.